The lowest BCUT2D eigenvalue weighted by Gasteiger charge is -2.29. The summed E-state index contributed by atoms with van der Waals surface area (Å²) in [6.45, 7) is 1.74. The maximum atomic E-state index is 9.71. The van der Waals surface area contributed by atoms with Crippen molar-refractivity contribution in [3.05, 3.63) is 41.2 Å². The van der Waals surface area contributed by atoms with Crippen LogP contribution in [0, 0.1) is 0 Å². The summed E-state index contributed by atoms with van der Waals surface area (Å²) in [5.74, 6) is 0.663. The van der Waals surface area contributed by atoms with Gasteiger partial charge in [-0.2, -0.15) is 15.0 Å². The summed E-state index contributed by atoms with van der Waals surface area (Å²) in [7, 11) is 1.69. The van der Waals surface area contributed by atoms with Crippen LogP contribution in [-0.2, 0) is 5.54 Å². The highest BCUT2D eigenvalue weighted by Crippen LogP contribution is 2.24. The number of halogens is 1. The van der Waals surface area contributed by atoms with Crippen molar-refractivity contribution in [1.82, 2.24) is 15.0 Å². The molecule has 0 fully saturated rings. The maximum absolute atomic E-state index is 9.71. The normalized spacial score (nSPS) is 13.6. The van der Waals surface area contributed by atoms with E-state index in [1.807, 2.05) is 37.3 Å². The Labute approximate surface area is 122 Å². The first-order chi connectivity index (χ1) is 9.57. The van der Waals surface area contributed by atoms with Gasteiger partial charge < -0.3 is 15.7 Å². The van der Waals surface area contributed by atoms with E-state index in [0.29, 0.717) is 11.9 Å². The van der Waals surface area contributed by atoms with Crippen LogP contribution in [0.2, 0.25) is 5.28 Å². The number of nitrogens with zero attached hydrogens (tertiary/aromatic N) is 3. The summed E-state index contributed by atoms with van der Waals surface area (Å²) >= 11 is 5.84. The van der Waals surface area contributed by atoms with Gasteiger partial charge in [-0.3, -0.25) is 0 Å². The lowest BCUT2D eigenvalue weighted by atomic mass is 9.93. The van der Waals surface area contributed by atoms with Crippen LogP contribution in [0.4, 0.5) is 11.9 Å². The molecule has 0 aliphatic heterocycles. The van der Waals surface area contributed by atoms with E-state index < -0.39 is 5.54 Å². The molecule has 20 heavy (non-hydrogen) atoms. The molecule has 1 atom stereocenters. The Morgan fingerprint density at radius 1 is 1.15 bits per heavy atom. The van der Waals surface area contributed by atoms with Gasteiger partial charge in [0.1, 0.15) is 0 Å². The minimum absolute atomic E-state index is 0.0835. The summed E-state index contributed by atoms with van der Waals surface area (Å²) in [6, 6.07) is 9.57. The number of nitrogens with one attached hydrogen (secondary N) is 2. The van der Waals surface area contributed by atoms with Crippen LogP contribution in [0.15, 0.2) is 30.3 Å². The summed E-state index contributed by atoms with van der Waals surface area (Å²) < 4.78 is 0. The van der Waals surface area contributed by atoms with Crippen LogP contribution in [0.3, 0.4) is 0 Å². The standard InChI is InChI=1S/C13H16ClN5O/c1-13(8-20,9-6-4-3-5-7-9)19-12-17-10(14)16-11(15-2)18-12/h3-7,20H,8H2,1-2H3,(H2,15,16,17,18,19). The molecule has 0 aliphatic carbocycles. The number of anilines is 2. The van der Waals surface area contributed by atoms with Crippen LogP contribution in [0.1, 0.15) is 12.5 Å². The molecule has 0 bridgehead atoms. The van der Waals surface area contributed by atoms with Crippen molar-refractivity contribution in [2.24, 2.45) is 0 Å². The smallest absolute Gasteiger partial charge is 0.229 e. The van der Waals surface area contributed by atoms with Crippen molar-refractivity contribution in [3.8, 4) is 0 Å². The average molecular weight is 294 g/mol. The fourth-order valence-corrected chi connectivity index (χ4v) is 1.93. The molecule has 6 nitrogen and oxygen atoms in total. The van der Waals surface area contributed by atoms with Gasteiger partial charge in [-0.1, -0.05) is 30.3 Å². The first kappa shape index (κ1) is 14.5. The maximum Gasteiger partial charge on any atom is 0.229 e. The Bertz CT molecular complexity index is 580. The van der Waals surface area contributed by atoms with Crippen LogP contribution < -0.4 is 10.6 Å². The molecule has 0 amide bonds. The Morgan fingerprint density at radius 2 is 1.80 bits per heavy atom. The number of aliphatic hydroxyl groups excluding tert-OH is 1. The molecule has 1 unspecified atom stereocenters. The second-order valence-corrected chi connectivity index (χ2v) is 4.82. The number of rotatable bonds is 5. The molecule has 7 heteroatoms. The molecule has 106 valence electrons. The minimum Gasteiger partial charge on any atom is -0.394 e. The fraction of sp³-hybridized carbons (Fsp3) is 0.308. The van der Waals surface area contributed by atoms with Crippen molar-refractivity contribution in [3.63, 3.8) is 0 Å². The molecule has 1 aromatic carbocycles. The number of aliphatic hydroxyl groups is 1. The van der Waals surface area contributed by atoms with Gasteiger partial charge >= 0.3 is 0 Å². The monoisotopic (exact) mass is 293 g/mol. The molecule has 0 aliphatic rings. The molecule has 3 N–H and O–H groups in total. The fourth-order valence-electron chi connectivity index (χ4n) is 1.77. The summed E-state index contributed by atoms with van der Waals surface area (Å²) in [5, 5.41) is 15.7. The molecule has 0 saturated carbocycles. The second-order valence-electron chi connectivity index (χ2n) is 4.48. The Morgan fingerprint density at radius 3 is 2.40 bits per heavy atom. The third-order valence-corrected chi connectivity index (χ3v) is 3.12. The first-order valence-corrected chi connectivity index (χ1v) is 6.49. The van der Waals surface area contributed by atoms with Gasteiger partial charge in [0.25, 0.3) is 0 Å². The molecule has 0 saturated heterocycles. The zero-order chi connectivity index (χ0) is 14.6. The van der Waals surface area contributed by atoms with Crippen LogP contribution in [0.5, 0.6) is 0 Å². The van der Waals surface area contributed by atoms with Crippen LogP contribution >= 0.6 is 11.6 Å². The van der Waals surface area contributed by atoms with Crippen molar-refractivity contribution in [1.29, 1.82) is 0 Å². The highest BCUT2D eigenvalue weighted by Gasteiger charge is 2.26. The topological polar surface area (TPSA) is 83.0 Å². The summed E-state index contributed by atoms with van der Waals surface area (Å²) in [4.78, 5) is 12.1. The molecule has 0 spiro atoms. The third kappa shape index (κ3) is 3.15. The van der Waals surface area contributed by atoms with E-state index in [-0.39, 0.29) is 11.9 Å². The van der Waals surface area contributed by atoms with Crippen LogP contribution in [-0.4, -0.2) is 33.7 Å². The minimum atomic E-state index is -0.711. The Kier molecular flexibility index (Phi) is 4.36. The second kappa shape index (κ2) is 6.02. The average Bonchev–Trinajstić information content (AvgIpc) is 2.47. The number of hydrogen-bond acceptors (Lipinski definition) is 6. The lowest BCUT2D eigenvalue weighted by molar-refractivity contribution is 0.223. The Hall–Kier alpha value is -1.92. The SMILES string of the molecule is CNc1nc(Cl)nc(NC(C)(CO)c2ccccc2)n1. The largest absolute Gasteiger partial charge is 0.394 e. The van der Waals surface area contributed by atoms with Gasteiger partial charge in [-0.15, -0.1) is 0 Å². The predicted molar refractivity (Wildman–Crippen MR) is 78.9 cm³/mol. The molecule has 1 aromatic heterocycles. The number of benzene rings is 1. The number of aromatic nitrogens is 3. The molecule has 0 radical (unpaired) electrons. The quantitative estimate of drug-likeness (QED) is 0.781. The molecule has 1 heterocycles. The number of hydrogen-bond donors (Lipinski definition) is 3. The highest BCUT2D eigenvalue weighted by molar-refractivity contribution is 6.28. The van der Waals surface area contributed by atoms with Crippen molar-refractivity contribution in [2.45, 2.75) is 12.5 Å². The van der Waals surface area contributed by atoms with Crippen molar-refractivity contribution < 1.29 is 5.11 Å². The van der Waals surface area contributed by atoms with E-state index in [9.17, 15) is 5.11 Å². The van der Waals surface area contributed by atoms with Crippen LogP contribution in [0.25, 0.3) is 0 Å². The van der Waals surface area contributed by atoms with E-state index in [1.54, 1.807) is 7.05 Å². The van der Waals surface area contributed by atoms with Gasteiger partial charge in [0.2, 0.25) is 17.2 Å². The zero-order valence-corrected chi connectivity index (χ0v) is 12.0. The van der Waals surface area contributed by atoms with Crippen molar-refractivity contribution >= 4 is 23.5 Å². The van der Waals surface area contributed by atoms with E-state index in [1.165, 1.54) is 0 Å². The zero-order valence-electron chi connectivity index (χ0n) is 11.3. The van der Waals surface area contributed by atoms with E-state index >= 15 is 0 Å². The van der Waals surface area contributed by atoms with Gasteiger partial charge in [0, 0.05) is 7.05 Å². The first-order valence-electron chi connectivity index (χ1n) is 6.11. The lowest BCUT2D eigenvalue weighted by Crippen LogP contribution is -2.36. The third-order valence-electron chi connectivity index (χ3n) is 2.95. The van der Waals surface area contributed by atoms with Gasteiger partial charge in [-0.05, 0) is 24.1 Å². The Balaban J connectivity index is 2.33. The molecular weight excluding hydrogens is 278 g/mol. The van der Waals surface area contributed by atoms with Gasteiger partial charge in [0.15, 0.2) is 0 Å². The van der Waals surface area contributed by atoms with E-state index in [2.05, 4.69) is 25.6 Å². The van der Waals surface area contributed by atoms with E-state index in [4.69, 9.17) is 11.6 Å². The molecular formula is C13H16ClN5O. The van der Waals surface area contributed by atoms with Gasteiger partial charge in [-0.25, -0.2) is 0 Å². The molecule has 2 aromatic rings. The molecule has 2 rings (SSSR count). The van der Waals surface area contributed by atoms with Gasteiger partial charge in [0.05, 0.1) is 12.1 Å². The summed E-state index contributed by atoms with van der Waals surface area (Å²) in [5.41, 5.74) is 0.210. The van der Waals surface area contributed by atoms with E-state index in [0.717, 1.165) is 5.56 Å². The highest BCUT2D eigenvalue weighted by atomic mass is 35.5. The summed E-state index contributed by atoms with van der Waals surface area (Å²) in [6.07, 6.45) is 0. The van der Waals surface area contributed by atoms with Crippen molar-refractivity contribution in [2.75, 3.05) is 24.3 Å². The predicted octanol–water partition coefficient (Wildman–Crippen LogP) is 1.89.